The summed E-state index contributed by atoms with van der Waals surface area (Å²) in [7, 11) is -2.92. The molecule has 2 aliphatic rings. The van der Waals surface area contributed by atoms with Gasteiger partial charge < -0.3 is 5.32 Å². The van der Waals surface area contributed by atoms with Crippen molar-refractivity contribution in [1.82, 2.24) is 9.97 Å². The second-order valence-corrected chi connectivity index (χ2v) is 9.87. The van der Waals surface area contributed by atoms with Gasteiger partial charge in [-0.2, -0.15) is 0 Å². The third kappa shape index (κ3) is 2.06. The molecule has 118 valence electrons. The molecule has 2 fully saturated rings. The molecule has 0 aromatic carbocycles. The number of nitrogens with zero attached hydrogens (tertiary/aromatic N) is 2. The van der Waals surface area contributed by atoms with Gasteiger partial charge in [-0.15, -0.1) is 11.3 Å². The molecule has 3 heterocycles. The van der Waals surface area contributed by atoms with Gasteiger partial charge in [0.05, 0.1) is 15.9 Å². The molecule has 5 nitrogen and oxygen atoms in total. The number of hydrogen-bond acceptors (Lipinski definition) is 6. The molecule has 0 radical (unpaired) electrons. The fourth-order valence-electron chi connectivity index (χ4n) is 3.72. The van der Waals surface area contributed by atoms with Crippen molar-refractivity contribution in [2.45, 2.75) is 49.8 Å². The zero-order chi connectivity index (χ0) is 15.4. The van der Waals surface area contributed by atoms with E-state index in [1.807, 2.05) is 0 Å². The highest BCUT2D eigenvalue weighted by atomic mass is 32.2. The molecule has 1 spiro atoms. The Morgan fingerprint density at radius 2 is 2.18 bits per heavy atom. The minimum atomic E-state index is -2.92. The number of aromatic nitrogens is 2. The van der Waals surface area contributed by atoms with E-state index in [1.54, 1.807) is 17.7 Å². The normalized spacial score (nSPS) is 26.0. The van der Waals surface area contributed by atoms with E-state index in [1.165, 1.54) is 5.56 Å². The van der Waals surface area contributed by atoms with E-state index in [0.717, 1.165) is 35.3 Å². The number of hydrogen-bond donors (Lipinski definition) is 1. The van der Waals surface area contributed by atoms with E-state index in [2.05, 4.69) is 27.6 Å². The van der Waals surface area contributed by atoms with Crippen LogP contribution in [0, 0.1) is 6.92 Å². The lowest BCUT2D eigenvalue weighted by molar-refractivity contribution is 0.289. The Hall–Kier alpha value is -1.21. The summed E-state index contributed by atoms with van der Waals surface area (Å²) >= 11 is 1.62. The highest BCUT2D eigenvalue weighted by Gasteiger charge is 2.52. The first-order valence-corrected chi connectivity index (χ1v) is 10.2. The molecule has 0 amide bonds. The molecule has 22 heavy (non-hydrogen) atoms. The molecule has 1 N–H and O–H groups in total. The Labute approximate surface area is 134 Å². The van der Waals surface area contributed by atoms with E-state index < -0.39 is 14.6 Å². The van der Waals surface area contributed by atoms with Crippen molar-refractivity contribution in [3.05, 3.63) is 17.3 Å². The molecule has 1 atom stereocenters. The van der Waals surface area contributed by atoms with Gasteiger partial charge in [-0.05, 0) is 43.6 Å². The molecular weight excluding hydrogens is 318 g/mol. The maximum atomic E-state index is 12.4. The van der Waals surface area contributed by atoms with E-state index in [-0.39, 0.29) is 6.04 Å². The van der Waals surface area contributed by atoms with Crippen molar-refractivity contribution >= 4 is 37.2 Å². The van der Waals surface area contributed by atoms with Gasteiger partial charge in [0, 0.05) is 6.04 Å². The summed E-state index contributed by atoms with van der Waals surface area (Å²) in [5.41, 5.74) is 1.17. The third-order valence-electron chi connectivity index (χ3n) is 5.17. The van der Waals surface area contributed by atoms with Gasteiger partial charge in [0.1, 0.15) is 17.0 Å². The molecule has 1 unspecified atom stereocenters. The van der Waals surface area contributed by atoms with Gasteiger partial charge in [0.25, 0.3) is 0 Å². The van der Waals surface area contributed by atoms with Crippen molar-refractivity contribution in [3.63, 3.8) is 0 Å². The molecule has 2 aromatic rings. The standard InChI is InChI=1S/C15H19N3O2S2/c1-10-8-21-14-12(10)13(16-9-17-14)18-11-3-6-22(19,20)15(7-11)4-2-5-15/h8-9,11H,2-7H2,1H3,(H,16,17,18). The summed E-state index contributed by atoms with van der Waals surface area (Å²) in [4.78, 5) is 9.69. The minimum absolute atomic E-state index is 0.182. The molecule has 2 aromatic heterocycles. The van der Waals surface area contributed by atoms with Gasteiger partial charge in [-0.1, -0.05) is 6.42 Å². The fourth-order valence-corrected chi connectivity index (χ4v) is 7.00. The van der Waals surface area contributed by atoms with Crippen LogP contribution < -0.4 is 5.32 Å². The number of rotatable bonds is 2. The number of thiophene rings is 1. The van der Waals surface area contributed by atoms with Crippen LogP contribution in [-0.4, -0.2) is 34.9 Å². The van der Waals surface area contributed by atoms with E-state index in [4.69, 9.17) is 0 Å². The first-order valence-electron chi connectivity index (χ1n) is 7.68. The molecule has 1 aliphatic heterocycles. The number of aryl methyl sites for hydroxylation is 1. The summed E-state index contributed by atoms with van der Waals surface area (Å²) in [6.45, 7) is 2.06. The fraction of sp³-hybridized carbons (Fsp3) is 0.600. The monoisotopic (exact) mass is 337 g/mol. The first-order chi connectivity index (χ1) is 10.5. The lowest BCUT2D eigenvalue weighted by Gasteiger charge is -2.46. The number of anilines is 1. The zero-order valence-corrected chi connectivity index (χ0v) is 14.1. The van der Waals surface area contributed by atoms with Crippen LogP contribution in [0.1, 0.15) is 37.7 Å². The summed E-state index contributed by atoms with van der Waals surface area (Å²) < 4.78 is 24.3. The molecule has 1 saturated heterocycles. The van der Waals surface area contributed by atoms with Crippen molar-refractivity contribution in [1.29, 1.82) is 0 Å². The predicted molar refractivity (Wildman–Crippen MR) is 89.2 cm³/mol. The Morgan fingerprint density at radius 1 is 1.36 bits per heavy atom. The largest absolute Gasteiger partial charge is 0.367 e. The molecular formula is C15H19N3O2S2. The second kappa shape index (κ2) is 4.89. The average Bonchev–Trinajstić information content (AvgIpc) is 2.82. The minimum Gasteiger partial charge on any atom is -0.367 e. The van der Waals surface area contributed by atoms with E-state index in [9.17, 15) is 8.42 Å². The Morgan fingerprint density at radius 3 is 2.91 bits per heavy atom. The molecule has 1 saturated carbocycles. The van der Waals surface area contributed by atoms with Gasteiger partial charge in [0.15, 0.2) is 9.84 Å². The van der Waals surface area contributed by atoms with Crippen LogP contribution in [0.25, 0.3) is 10.2 Å². The lowest BCUT2D eigenvalue weighted by Crippen LogP contribution is -2.53. The van der Waals surface area contributed by atoms with Gasteiger partial charge in [-0.25, -0.2) is 18.4 Å². The van der Waals surface area contributed by atoms with Crippen molar-refractivity contribution < 1.29 is 8.42 Å². The molecule has 7 heteroatoms. The number of nitrogens with one attached hydrogen (secondary N) is 1. The van der Waals surface area contributed by atoms with Crippen LogP contribution in [0.3, 0.4) is 0 Å². The topological polar surface area (TPSA) is 72.0 Å². The van der Waals surface area contributed by atoms with Crippen LogP contribution in [0.5, 0.6) is 0 Å². The van der Waals surface area contributed by atoms with Crippen molar-refractivity contribution in [2.75, 3.05) is 11.1 Å². The van der Waals surface area contributed by atoms with Crippen LogP contribution in [0.4, 0.5) is 5.82 Å². The van der Waals surface area contributed by atoms with E-state index >= 15 is 0 Å². The Bertz CT molecular complexity index is 824. The summed E-state index contributed by atoms with van der Waals surface area (Å²) in [6, 6.07) is 0.182. The Balaban J connectivity index is 1.62. The van der Waals surface area contributed by atoms with Gasteiger partial charge in [-0.3, -0.25) is 0 Å². The van der Waals surface area contributed by atoms with Crippen molar-refractivity contribution in [3.8, 4) is 0 Å². The lowest BCUT2D eigenvalue weighted by atomic mass is 9.79. The summed E-state index contributed by atoms with van der Waals surface area (Å²) in [5, 5.41) is 6.66. The van der Waals surface area contributed by atoms with Crippen LogP contribution >= 0.6 is 11.3 Å². The van der Waals surface area contributed by atoms with Gasteiger partial charge in [0.2, 0.25) is 0 Å². The average molecular weight is 337 g/mol. The summed E-state index contributed by atoms with van der Waals surface area (Å²) in [6.07, 6.45) is 5.64. The van der Waals surface area contributed by atoms with Crippen LogP contribution in [-0.2, 0) is 9.84 Å². The maximum absolute atomic E-state index is 12.4. The second-order valence-electron chi connectivity index (χ2n) is 6.51. The maximum Gasteiger partial charge on any atom is 0.156 e. The number of sulfone groups is 1. The first kappa shape index (κ1) is 14.4. The molecule has 4 rings (SSSR count). The quantitative estimate of drug-likeness (QED) is 0.912. The highest BCUT2D eigenvalue weighted by molar-refractivity contribution is 7.92. The van der Waals surface area contributed by atoms with E-state index in [0.29, 0.717) is 18.6 Å². The van der Waals surface area contributed by atoms with Crippen LogP contribution in [0.2, 0.25) is 0 Å². The van der Waals surface area contributed by atoms with Gasteiger partial charge >= 0.3 is 0 Å². The Kier molecular flexibility index (Phi) is 3.20. The smallest absolute Gasteiger partial charge is 0.156 e. The predicted octanol–water partition coefficient (Wildman–Crippen LogP) is 2.91. The summed E-state index contributed by atoms with van der Waals surface area (Å²) in [5.74, 6) is 1.14. The third-order valence-corrected chi connectivity index (χ3v) is 8.84. The SMILES string of the molecule is Cc1csc2ncnc(NC3CCS(=O)(=O)C4(CCC4)C3)c12. The highest BCUT2D eigenvalue weighted by Crippen LogP contribution is 2.47. The molecule has 0 bridgehead atoms. The molecule has 1 aliphatic carbocycles. The zero-order valence-electron chi connectivity index (χ0n) is 12.5. The number of fused-ring (bicyclic) bond motifs is 1. The van der Waals surface area contributed by atoms with Crippen molar-refractivity contribution in [2.24, 2.45) is 0 Å². The van der Waals surface area contributed by atoms with Crippen LogP contribution in [0.15, 0.2) is 11.7 Å².